The lowest BCUT2D eigenvalue weighted by atomic mass is 9.96. The number of nitrogens with two attached hydrogens (primary N) is 1. The van der Waals surface area contributed by atoms with E-state index in [0.717, 1.165) is 19.4 Å². The minimum absolute atomic E-state index is 0. The first-order chi connectivity index (χ1) is 8.80. The van der Waals surface area contributed by atoms with E-state index in [9.17, 15) is 9.59 Å². The van der Waals surface area contributed by atoms with Crippen LogP contribution in [0.3, 0.4) is 0 Å². The van der Waals surface area contributed by atoms with Crippen LogP contribution < -0.4 is 11.1 Å². The van der Waals surface area contributed by atoms with Crippen LogP contribution >= 0.6 is 12.4 Å². The summed E-state index contributed by atoms with van der Waals surface area (Å²) in [5.41, 5.74) is 5.48. The van der Waals surface area contributed by atoms with E-state index in [2.05, 4.69) is 5.32 Å². The van der Waals surface area contributed by atoms with Gasteiger partial charge in [-0.05, 0) is 19.3 Å². The van der Waals surface area contributed by atoms with Gasteiger partial charge in [-0.15, -0.1) is 12.4 Å². The molecule has 1 heterocycles. The summed E-state index contributed by atoms with van der Waals surface area (Å²) in [5, 5.41) is 2.86. The predicted molar refractivity (Wildman–Crippen MR) is 82.7 cm³/mol. The van der Waals surface area contributed by atoms with E-state index in [1.54, 1.807) is 0 Å². The Morgan fingerprint density at radius 3 is 2.55 bits per heavy atom. The molecule has 0 radical (unpaired) electrons. The second-order valence-electron chi connectivity index (χ2n) is 6.35. The van der Waals surface area contributed by atoms with Gasteiger partial charge in [-0.1, -0.05) is 20.8 Å². The Hall–Kier alpha value is -0.810. The zero-order chi connectivity index (χ0) is 14.5. The molecule has 0 spiro atoms. The van der Waals surface area contributed by atoms with Crippen molar-refractivity contribution in [3.8, 4) is 0 Å². The molecule has 20 heavy (non-hydrogen) atoms. The maximum atomic E-state index is 11.9. The van der Waals surface area contributed by atoms with Crippen molar-refractivity contribution < 1.29 is 9.59 Å². The molecule has 1 fully saturated rings. The fourth-order valence-electron chi connectivity index (χ4n) is 2.10. The van der Waals surface area contributed by atoms with Gasteiger partial charge >= 0.3 is 0 Å². The van der Waals surface area contributed by atoms with Gasteiger partial charge in [-0.25, -0.2) is 0 Å². The topological polar surface area (TPSA) is 75.4 Å². The summed E-state index contributed by atoms with van der Waals surface area (Å²) < 4.78 is 0. The number of nitrogens with zero attached hydrogens (tertiary/aromatic N) is 1. The number of hydrogen-bond acceptors (Lipinski definition) is 3. The van der Waals surface area contributed by atoms with Crippen molar-refractivity contribution in [2.24, 2.45) is 11.1 Å². The molecular formula is C14H28ClN3O2. The fraction of sp³-hybridized carbons (Fsp3) is 0.857. The van der Waals surface area contributed by atoms with Gasteiger partial charge in [0.05, 0.1) is 0 Å². The normalized spacial score (nSPS) is 19.2. The number of likely N-dealkylation sites (tertiary alicyclic amines) is 1. The second kappa shape index (κ2) is 8.47. The standard InChI is InChI=1S/C14H27N3O2.ClH/c1-14(2,3)13(19)16-8-4-7-12(18)17-9-5-6-11(15)10-17;/h11H,4-10,15H2,1-3H3,(H,16,19);1H. The third-order valence-electron chi connectivity index (χ3n) is 3.34. The van der Waals surface area contributed by atoms with E-state index in [0.29, 0.717) is 25.9 Å². The van der Waals surface area contributed by atoms with E-state index in [1.807, 2.05) is 25.7 Å². The first-order valence-corrected chi connectivity index (χ1v) is 7.12. The van der Waals surface area contributed by atoms with Crippen molar-refractivity contribution in [2.45, 2.75) is 52.5 Å². The number of amides is 2. The summed E-state index contributed by atoms with van der Waals surface area (Å²) in [5.74, 6) is 0.181. The SMILES string of the molecule is CC(C)(C)C(=O)NCCCC(=O)N1CCCC(N)C1.Cl. The lowest BCUT2D eigenvalue weighted by Crippen LogP contribution is -2.45. The molecule has 0 bridgehead atoms. The average molecular weight is 306 g/mol. The highest BCUT2D eigenvalue weighted by molar-refractivity contribution is 5.85. The minimum atomic E-state index is -0.371. The summed E-state index contributed by atoms with van der Waals surface area (Å²) in [7, 11) is 0. The monoisotopic (exact) mass is 305 g/mol. The maximum Gasteiger partial charge on any atom is 0.225 e. The highest BCUT2D eigenvalue weighted by Crippen LogP contribution is 2.13. The molecular weight excluding hydrogens is 278 g/mol. The highest BCUT2D eigenvalue weighted by Gasteiger charge is 2.22. The van der Waals surface area contributed by atoms with Gasteiger partial charge in [-0.3, -0.25) is 9.59 Å². The largest absolute Gasteiger partial charge is 0.356 e. The molecule has 0 aliphatic carbocycles. The molecule has 0 aromatic rings. The van der Waals surface area contributed by atoms with Crippen molar-refractivity contribution in [1.29, 1.82) is 0 Å². The van der Waals surface area contributed by atoms with Crippen LogP contribution in [0.25, 0.3) is 0 Å². The van der Waals surface area contributed by atoms with Gasteiger partial charge in [-0.2, -0.15) is 0 Å². The van der Waals surface area contributed by atoms with E-state index in [-0.39, 0.29) is 35.7 Å². The number of hydrogen-bond donors (Lipinski definition) is 2. The maximum absolute atomic E-state index is 11.9. The Bertz CT molecular complexity index is 329. The van der Waals surface area contributed by atoms with E-state index < -0.39 is 0 Å². The Labute approximate surface area is 128 Å². The zero-order valence-corrected chi connectivity index (χ0v) is 13.6. The predicted octanol–water partition coefficient (Wildman–Crippen LogP) is 1.30. The Balaban J connectivity index is 0.00000361. The molecule has 1 unspecified atom stereocenters. The van der Waals surface area contributed by atoms with E-state index >= 15 is 0 Å². The van der Waals surface area contributed by atoms with Gasteiger partial charge in [0, 0.05) is 37.5 Å². The van der Waals surface area contributed by atoms with Crippen molar-refractivity contribution in [1.82, 2.24) is 10.2 Å². The highest BCUT2D eigenvalue weighted by atomic mass is 35.5. The van der Waals surface area contributed by atoms with E-state index in [4.69, 9.17) is 5.73 Å². The molecule has 2 amide bonds. The zero-order valence-electron chi connectivity index (χ0n) is 12.8. The number of halogens is 1. The first kappa shape index (κ1) is 19.2. The molecule has 5 nitrogen and oxygen atoms in total. The third kappa shape index (κ3) is 6.57. The lowest BCUT2D eigenvalue weighted by molar-refractivity contribution is -0.133. The third-order valence-corrected chi connectivity index (χ3v) is 3.34. The summed E-state index contributed by atoms with van der Waals surface area (Å²) in [4.78, 5) is 25.4. The number of carbonyl (C=O) groups excluding carboxylic acids is 2. The number of piperidine rings is 1. The van der Waals surface area contributed by atoms with Crippen LogP contribution in [0, 0.1) is 5.41 Å². The van der Waals surface area contributed by atoms with Gasteiger partial charge in [0.25, 0.3) is 0 Å². The smallest absolute Gasteiger partial charge is 0.225 e. The molecule has 1 atom stereocenters. The van der Waals surface area contributed by atoms with Crippen LogP contribution in [0.2, 0.25) is 0 Å². The van der Waals surface area contributed by atoms with Crippen molar-refractivity contribution >= 4 is 24.2 Å². The first-order valence-electron chi connectivity index (χ1n) is 7.12. The van der Waals surface area contributed by atoms with Gasteiger partial charge in [0.15, 0.2) is 0 Å². The molecule has 3 N–H and O–H groups in total. The Morgan fingerprint density at radius 2 is 2.00 bits per heavy atom. The van der Waals surface area contributed by atoms with Crippen LogP contribution in [-0.2, 0) is 9.59 Å². The van der Waals surface area contributed by atoms with Gasteiger partial charge in [0.1, 0.15) is 0 Å². The summed E-state index contributed by atoms with van der Waals surface area (Å²) >= 11 is 0. The number of rotatable bonds is 4. The van der Waals surface area contributed by atoms with Crippen molar-refractivity contribution in [2.75, 3.05) is 19.6 Å². The minimum Gasteiger partial charge on any atom is -0.356 e. The number of nitrogens with one attached hydrogen (secondary N) is 1. The van der Waals surface area contributed by atoms with Crippen LogP contribution in [-0.4, -0.2) is 42.4 Å². The van der Waals surface area contributed by atoms with Crippen molar-refractivity contribution in [3.05, 3.63) is 0 Å². The molecule has 0 saturated carbocycles. The molecule has 1 saturated heterocycles. The molecule has 118 valence electrons. The molecule has 0 aromatic carbocycles. The molecule has 1 rings (SSSR count). The van der Waals surface area contributed by atoms with Crippen molar-refractivity contribution in [3.63, 3.8) is 0 Å². The molecule has 0 aromatic heterocycles. The van der Waals surface area contributed by atoms with Gasteiger partial charge in [0.2, 0.25) is 11.8 Å². The van der Waals surface area contributed by atoms with Crippen LogP contribution in [0.15, 0.2) is 0 Å². The van der Waals surface area contributed by atoms with Crippen LogP contribution in [0.5, 0.6) is 0 Å². The summed E-state index contributed by atoms with van der Waals surface area (Å²) in [6.45, 7) is 7.68. The average Bonchev–Trinajstić information content (AvgIpc) is 2.32. The van der Waals surface area contributed by atoms with E-state index in [1.165, 1.54) is 0 Å². The molecule has 6 heteroatoms. The number of carbonyl (C=O) groups is 2. The summed E-state index contributed by atoms with van der Waals surface area (Å²) in [6, 6.07) is 0.123. The Morgan fingerprint density at radius 1 is 1.35 bits per heavy atom. The fourth-order valence-corrected chi connectivity index (χ4v) is 2.10. The lowest BCUT2D eigenvalue weighted by Gasteiger charge is -2.30. The van der Waals surface area contributed by atoms with Crippen LogP contribution in [0.1, 0.15) is 46.5 Å². The van der Waals surface area contributed by atoms with Crippen LogP contribution in [0.4, 0.5) is 0 Å². The quantitative estimate of drug-likeness (QED) is 0.769. The molecule has 1 aliphatic heterocycles. The van der Waals surface area contributed by atoms with Gasteiger partial charge < -0.3 is 16.0 Å². The summed E-state index contributed by atoms with van der Waals surface area (Å²) in [6.07, 6.45) is 3.17. The molecule has 1 aliphatic rings. The Kier molecular flexibility index (Phi) is 8.13. The second-order valence-corrected chi connectivity index (χ2v) is 6.35.